The van der Waals surface area contributed by atoms with Crippen LogP contribution in [0.25, 0.3) is 16.5 Å². The molecule has 0 bridgehead atoms. The molecule has 5 N–H and O–H groups in total. The summed E-state index contributed by atoms with van der Waals surface area (Å²) in [5.74, 6) is -2.96. The Balaban J connectivity index is 1.78. The van der Waals surface area contributed by atoms with Gasteiger partial charge in [-0.1, -0.05) is 18.2 Å². The lowest BCUT2D eigenvalue weighted by Crippen LogP contribution is -2.08. The molecule has 3 rings (SSSR count). The molecule has 0 fully saturated rings. The Bertz CT molecular complexity index is 1080. The van der Waals surface area contributed by atoms with Gasteiger partial charge in [0.25, 0.3) is 0 Å². The lowest BCUT2D eigenvalue weighted by Gasteiger charge is -2.08. The van der Waals surface area contributed by atoms with Crippen molar-refractivity contribution in [2.24, 2.45) is 0 Å². The number of carbonyl (C=O) groups excluding carboxylic acids is 1. The van der Waals surface area contributed by atoms with E-state index < -0.39 is 29.1 Å². The van der Waals surface area contributed by atoms with Gasteiger partial charge in [-0.15, -0.1) is 11.3 Å². The van der Waals surface area contributed by atoms with Crippen LogP contribution in [-0.2, 0) is 16.0 Å². The van der Waals surface area contributed by atoms with Gasteiger partial charge in [-0.3, -0.25) is 9.59 Å². The first-order valence-corrected chi connectivity index (χ1v) is 9.29. The second-order valence-corrected chi connectivity index (χ2v) is 7.28. The van der Waals surface area contributed by atoms with Crippen LogP contribution in [0.1, 0.15) is 10.4 Å². The van der Waals surface area contributed by atoms with Crippen LogP contribution in [-0.4, -0.2) is 32.3 Å². The first-order chi connectivity index (χ1) is 13.8. The third kappa shape index (κ3) is 4.94. The van der Waals surface area contributed by atoms with Crippen LogP contribution in [0.3, 0.4) is 0 Å². The summed E-state index contributed by atoms with van der Waals surface area (Å²) < 4.78 is 0. The number of carbonyl (C=O) groups is 2. The van der Waals surface area contributed by atoms with E-state index in [1.807, 2.05) is 18.2 Å². The molecule has 8 heteroatoms. The maximum absolute atomic E-state index is 12.3. The van der Waals surface area contributed by atoms with Crippen LogP contribution in [0.2, 0.25) is 0 Å². The van der Waals surface area contributed by atoms with E-state index in [1.165, 1.54) is 35.6 Å². The summed E-state index contributed by atoms with van der Waals surface area (Å²) in [6.07, 6.45) is 2.55. The number of para-hydroxylation sites is 1. The average molecular weight is 411 g/mol. The molecule has 0 saturated carbocycles. The second kappa shape index (κ2) is 8.49. The molecule has 0 saturated heterocycles. The zero-order valence-electron chi connectivity index (χ0n) is 15.0. The molecular weight excluding hydrogens is 394 g/mol. The molecule has 0 radical (unpaired) electrons. The van der Waals surface area contributed by atoms with Gasteiger partial charge in [-0.2, -0.15) is 0 Å². The first kappa shape index (κ1) is 20.0. The van der Waals surface area contributed by atoms with Crippen molar-refractivity contribution in [2.75, 3.05) is 5.32 Å². The highest BCUT2D eigenvalue weighted by Gasteiger charge is 2.11. The van der Waals surface area contributed by atoms with Gasteiger partial charge in [0, 0.05) is 27.1 Å². The molecular formula is C21H17NO6S. The van der Waals surface area contributed by atoms with E-state index in [0.717, 1.165) is 10.4 Å². The van der Waals surface area contributed by atoms with Crippen LogP contribution < -0.4 is 5.32 Å². The molecule has 1 aromatic heterocycles. The summed E-state index contributed by atoms with van der Waals surface area (Å²) in [5, 5.41) is 40.1. The minimum absolute atomic E-state index is 0.0613. The predicted molar refractivity (Wildman–Crippen MR) is 110 cm³/mol. The van der Waals surface area contributed by atoms with Gasteiger partial charge in [0.1, 0.15) is 0 Å². The number of phenols is 3. The molecule has 0 aliphatic rings. The van der Waals surface area contributed by atoms with Gasteiger partial charge in [-0.05, 0) is 42.0 Å². The number of carboxylic acids is 1. The van der Waals surface area contributed by atoms with Crippen molar-refractivity contribution in [3.63, 3.8) is 0 Å². The van der Waals surface area contributed by atoms with Gasteiger partial charge in [0.05, 0.1) is 6.42 Å². The number of amides is 1. The van der Waals surface area contributed by atoms with E-state index in [9.17, 15) is 24.9 Å². The Morgan fingerprint density at radius 1 is 1.00 bits per heavy atom. The van der Waals surface area contributed by atoms with Crippen LogP contribution >= 0.6 is 11.3 Å². The Labute approximate surface area is 169 Å². The number of phenolic OH excluding ortho intramolecular Hbond substituents is 3. The van der Waals surface area contributed by atoms with Crippen LogP contribution in [0, 0.1) is 0 Å². The molecule has 148 valence electrons. The Kier molecular flexibility index (Phi) is 5.85. The number of aliphatic carboxylic acids is 1. The van der Waals surface area contributed by atoms with E-state index in [2.05, 4.69) is 5.32 Å². The minimum Gasteiger partial charge on any atom is -0.504 e. The second-order valence-electron chi connectivity index (χ2n) is 6.11. The number of hydrogen-bond donors (Lipinski definition) is 5. The predicted octanol–water partition coefficient (Wildman–Crippen LogP) is 3.81. The highest BCUT2D eigenvalue weighted by Crippen LogP contribution is 2.36. The summed E-state index contributed by atoms with van der Waals surface area (Å²) in [4.78, 5) is 24.7. The largest absolute Gasteiger partial charge is 0.504 e. The van der Waals surface area contributed by atoms with Crippen LogP contribution in [0.5, 0.6) is 17.2 Å². The van der Waals surface area contributed by atoms with Crippen molar-refractivity contribution in [2.45, 2.75) is 6.42 Å². The lowest BCUT2D eigenvalue weighted by molar-refractivity contribution is -0.136. The summed E-state index contributed by atoms with van der Waals surface area (Å²) in [6.45, 7) is 0. The third-order valence-electron chi connectivity index (χ3n) is 3.96. The molecule has 29 heavy (non-hydrogen) atoms. The van der Waals surface area contributed by atoms with E-state index >= 15 is 0 Å². The number of anilines is 1. The Morgan fingerprint density at radius 2 is 1.69 bits per heavy atom. The molecule has 0 aliphatic carbocycles. The fraction of sp³-hybridized carbons (Fsp3) is 0.0476. The molecule has 0 aliphatic heterocycles. The van der Waals surface area contributed by atoms with Crippen molar-refractivity contribution in [1.29, 1.82) is 0 Å². The van der Waals surface area contributed by atoms with Crippen molar-refractivity contribution in [3.05, 3.63) is 65.0 Å². The van der Waals surface area contributed by atoms with Gasteiger partial charge in [-0.25, -0.2) is 0 Å². The lowest BCUT2D eigenvalue weighted by atomic mass is 10.1. The number of hydrogen-bond acceptors (Lipinski definition) is 6. The van der Waals surface area contributed by atoms with Gasteiger partial charge in [0.2, 0.25) is 5.91 Å². The van der Waals surface area contributed by atoms with E-state index in [0.29, 0.717) is 16.1 Å². The monoisotopic (exact) mass is 411 g/mol. The average Bonchev–Trinajstić information content (AvgIpc) is 3.12. The normalized spacial score (nSPS) is 10.9. The van der Waals surface area contributed by atoms with Crippen molar-refractivity contribution < 1.29 is 30.0 Å². The first-order valence-electron chi connectivity index (χ1n) is 8.47. The standard InChI is InChI=1S/C21H17NO6S/c23-16-9-12(10-17(24)21(16)28)5-8-19(25)22-15-4-2-1-3-14(15)18-7-6-13(29-18)11-20(26)27/h1-10,23-24,28H,11H2,(H,22,25)(H,26,27)/b8-5+. The number of aromatic hydroxyl groups is 3. The zero-order chi connectivity index (χ0) is 21.0. The highest BCUT2D eigenvalue weighted by atomic mass is 32.1. The van der Waals surface area contributed by atoms with Gasteiger partial charge >= 0.3 is 5.97 Å². The van der Waals surface area contributed by atoms with Crippen molar-refractivity contribution in [1.82, 2.24) is 0 Å². The number of carboxylic acid groups (broad SMARTS) is 1. The SMILES string of the molecule is O=C(O)Cc1ccc(-c2ccccc2NC(=O)/C=C/c2cc(O)c(O)c(O)c2)s1. The van der Waals surface area contributed by atoms with Crippen molar-refractivity contribution >= 4 is 35.0 Å². The fourth-order valence-electron chi connectivity index (χ4n) is 2.64. The number of benzene rings is 2. The van der Waals surface area contributed by atoms with Gasteiger partial charge in [0.15, 0.2) is 17.2 Å². The number of nitrogens with one attached hydrogen (secondary N) is 1. The number of thiophene rings is 1. The molecule has 0 unspecified atom stereocenters. The topological polar surface area (TPSA) is 127 Å². The maximum Gasteiger partial charge on any atom is 0.308 e. The summed E-state index contributed by atoms with van der Waals surface area (Å²) in [5.41, 5.74) is 1.65. The van der Waals surface area contributed by atoms with Crippen molar-refractivity contribution in [3.8, 4) is 27.7 Å². The summed E-state index contributed by atoms with van der Waals surface area (Å²) in [7, 11) is 0. The maximum atomic E-state index is 12.3. The highest BCUT2D eigenvalue weighted by molar-refractivity contribution is 7.15. The van der Waals surface area contributed by atoms with Gasteiger partial charge < -0.3 is 25.7 Å². The summed E-state index contributed by atoms with van der Waals surface area (Å²) in [6, 6.07) is 13.1. The van der Waals surface area contributed by atoms with Crippen LogP contribution in [0.4, 0.5) is 5.69 Å². The smallest absolute Gasteiger partial charge is 0.308 e. The summed E-state index contributed by atoms with van der Waals surface area (Å²) >= 11 is 1.34. The molecule has 0 atom stereocenters. The molecule has 0 spiro atoms. The van der Waals surface area contributed by atoms with E-state index in [4.69, 9.17) is 5.11 Å². The van der Waals surface area contributed by atoms with Crippen LogP contribution in [0.15, 0.2) is 54.6 Å². The Hall–Kier alpha value is -3.78. The number of rotatable bonds is 6. The fourth-order valence-corrected chi connectivity index (χ4v) is 3.68. The molecule has 3 aromatic rings. The quantitative estimate of drug-likeness (QED) is 0.310. The third-order valence-corrected chi connectivity index (χ3v) is 5.08. The molecule has 1 heterocycles. The van der Waals surface area contributed by atoms with E-state index in [1.54, 1.807) is 18.2 Å². The van der Waals surface area contributed by atoms with E-state index in [-0.39, 0.29) is 6.42 Å². The molecule has 1 amide bonds. The Morgan fingerprint density at radius 3 is 2.38 bits per heavy atom. The zero-order valence-corrected chi connectivity index (χ0v) is 15.8. The molecule has 2 aromatic carbocycles. The minimum atomic E-state index is -0.906. The molecule has 7 nitrogen and oxygen atoms in total.